The lowest BCUT2D eigenvalue weighted by Gasteiger charge is -2.36. The highest BCUT2D eigenvalue weighted by Crippen LogP contribution is 2.42. The summed E-state index contributed by atoms with van der Waals surface area (Å²) in [5, 5.41) is 5.00. The van der Waals surface area contributed by atoms with Crippen LogP contribution < -0.4 is 5.32 Å². The highest BCUT2D eigenvalue weighted by atomic mass is 32.1. The Morgan fingerprint density at radius 1 is 1.45 bits per heavy atom. The van der Waals surface area contributed by atoms with Crippen LogP contribution in [0, 0.1) is 11.3 Å². The van der Waals surface area contributed by atoms with E-state index in [2.05, 4.69) is 31.5 Å². The first-order chi connectivity index (χ1) is 9.44. The molecule has 0 radical (unpaired) electrons. The van der Waals surface area contributed by atoms with Crippen molar-refractivity contribution in [3.63, 3.8) is 0 Å². The second kappa shape index (κ2) is 6.52. The molecule has 1 heterocycles. The zero-order chi connectivity index (χ0) is 14.8. The molecule has 1 aromatic rings. The van der Waals surface area contributed by atoms with E-state index in [0.29, 0.717) is 12.0 Å². The predicted octanol–water partition coefficient (Wildman–Crippen LogP) is 4.64. The number of hydrogen-bond donors (Lipinski definition) is 1. The SMILES string of the molecule is CCC(C)(C)C1CCc2c(CNCC(F)F)csc2C1. The molecule has 0 aromatic carbocycles. The molecule has 0 fully saturated rings. The van der Waals surface area contributed by atoms with Gasteiger partial charge in [0.1, 0.15) is 0 Å². The van der Waals surface area contributed by atoms with Gasteiger partial charge in [0.2, 0.25) is 0 Å². The Morgan fingerprint density at radius 2 is 2.20 bits per heavy atom. The number of alkyl halides is 2. The van der Waals surface area contributed by atoms with E-state index in [-0.39, 0.29) is 6.54 Å². The topological polar surface area (TPSA) is 12.0 Å². The second-order valence-corrected chi connectivity index (χ2v) is 7.43. The van der Waals surface area contributed by atoms with Crippen LogP contribution in [0.25, 0.3) is 0 Å². The van der Waals surface area contributed by atoms with Gasteiger partial charge in [-0.3, -0.25) is 0 Å². The summed E-state index contributed by atoms with van der Waals surface area (Å²) in [4.78, 5) is 1.48. The van der Waals surface area contributed by atoms with Gasteiger partial charge in [-0.2, -0.15) is 0 Å². The summed E-state index contributed by atoms with van der Waals surface area (Å²) in [5.41, 5.74) is 3.06. The molecular weight excluding hydrogens is 276 g/mol. The van der Waals surface area contributed by atoms with Crippen molar-refractivity contribution in [1.29, 1.82) is 0 Å². The van der Waals surface area contributed by atoms with E-state index in [1.165, 1.54) is 28.8 Å². The van der Waals surface area contributed by atoms with Crippen LogP contribution in [-0.2, 0) is 19.4 Å². The molecule has 1 N–H and O–H groups in total. The lowest BCUT2D eigenvalue weighted by molar-refractivity contribution is 0.145. The number of nitrogens with one attached hydrogen (secondary N) is 1. The molecule has 1 atom stereocenters. The number of fused-ring (bicyclic) bond motifs is 1. The summed E-state index contributed by atoms with van der Waals surface area (Å²) in [6, 6.07) is 0. The third-order valence-corrected chi connectivity index (χ3v) is 5.97. The summed E-state index contributed by atoms with van der Waals surface area (Å²) < 4.78 is 24.3. The van der Waals surface area contributed by atoms with Crippen molar-refractivity contribution >= 4 is 11.3 Å². The molecule has 0 saturated carbocycles. The van der Waals surface area contributed by atoms with E-state index >= 15 is 0 Å². The minimum atomic E-state index is -2.26. The normalized spacial score (nSPS) is 19.4. The third-order valence-electron chi connectivity index (χ3n) is 4.87. The Labute approximate surface area is 124 Å². The molecule has 1 aliphatic rings. The van der Waals surface area contributed by atoms with Gasteiger partial charge in [-0.05, 0) is 47.1 Å². The fourth-order valence-electron chi connectivity index (χ4n) is 3.00. The van der Waals surface area contributed by atoms with Crippen molar-refractivity contribution in [1.82, 2.24) is 5.32 Å². The van der Waals surface area contributed by atoms with E-state index in [4.69, 9.17) is 0 Å². The molecule has 0 bridgehead atoms. The van der Waals surface area contributed by atoms with Gasteiger partial charge in [0.15, 0.2) is 0 Å². The van der Waals surface area contributed by atoms with Gasteiger partial charge in [0.05, 0.1) is 6.54 Å². The van der Waals surface area contributed by atoms with E-state index in [1.807, 2.05) is 11.3 Å². The quantitative estimate of drug-likeness (QED) is 0.807. The highest BCUT2D eigenvalue weighted by Gasteiger charge is 2.32. The Hall–Kier alpha value is -0.480. The molecular formula is C16H25F2NS. The van der Waals surface area contributed by atoms with Crippen molar-refractivity contribution in [2.75, 3.05) is 6.54 Å². The van der Waals surface area contributed by atoms with E-state index < -0.39 is 6.43 Å². The Bertz CT molecular complexity index is 440. The Kier molecular flexibility index (Phi) is 5.19. The third kappa shape index (κ3) is 3.59. The summed E-state index contributed by atoms with van der Waals surface area (Å²) in [5.74, 6) is 0.750. The molecule has 0 spiro atoms. The summed E-state index contributed by atoms with van der Waals surface area (Å²) in [6.07, 6.45) is 2.45. The first kappa shape index (κ1) is 15.9. The van der Waals surface area contributed by atoms with Crippen LogP contribution in [0.4, 0.5) is 8.78 Å². The maximum absolute atomic E-state index is 12.2. The van der Waals surface area contributed by atoms with Crippen LogP contribution >= 0.6 is 11.3 Å². The molecule has 1 nitrogen and oxygen atoms in total. The number of rotatable bonds is 6. The molecule has 1 aliphatic carbocycles. The van der Waals surface area contributed by atoms with Gasteiger partial charge >= 0.3 is 0 Å². The first-order valence-corrected chi connectivity index (χ1v) is 8.39. The first-order valence-electron chi connectivity index (χ1n) is 7.51. The van der Waals surface area contributed by atoms with Crippen molar-refractivity contribution < 1.29 is 8.78 Å². The van der Waals surface area contributed by atoms with Crippen LogP contribution in [0.5, 0.6) is 0 Å². The molecule has 20 heavy (non-hydrogen) atoms. The van der Waals surface area contributed by atoms with E-state index in [0.717, 1.165) is 18.8 Å². The highest BCUT2D eigenvalue weighted by molar-refractivity contribution is 7.10. The van der Waals surface area contributed by atoms with Crippen LogP contribution in [0.1, 0.15) is 49.6 Å². The summed E-state index contributed by atoms with van der Waals surface area (Å²) in [6.45, 7) is 7.36. The summed E-state index contributed by atoms with van der Waals surface area (Å²) in [7, 11) is 0. The lowest BCUT2D eigenvalue weighted by Crippen LogP contribution is -2.29. The molecule has 0 saturated heterocycles. The van der Waals surface area contributed by atoms with Gasteiger partial charge in [-0.15, -0.1) is 11.3 Å². The van der Waals surface area contributed by atoms with Crippen LogP contribution in [0.3, 0.4) is 0 Å². The zero-order valence-corrected chi connectivity index (χ0v) is 13.5. The average Bonchev–Trinajstić information content (AvgIpc) is 2.81. The Balaban J connectivity index is 2.00. The largest absolute Gasteiger partial charge is 0.307 e. The fourth-order valence-corrected chi connectivity index (χ4v) is 4.18. The van der Waals surface area contributed by atoms with Crippen molar-refractivity contribution in [3.8, 4) is 0 Å². The van der Waals surface area contributed by atoms with Gasteiger partial charge in [0.25, 0.3) is 6.43 Å². The molecule has 1 aromatic heterocycles. The summed E-state index contributed by atoms with van der Waals surface area (Å²) >= 11 is 1.81. The molecule has 2 rings (SSSR count). The maximum atomic E-state index is 12.2. The number of hydrogen-bond acceptors (Lipinski definition) is 2. The lowest BCUT2D eigenvalue weighted by atomic mass is 9.69. The molecule has 0 aliphatic heterocycles. The van der Waals surface area contributed by atoms with Crippen molar-refractivity contribution in [2.45, 2.75) is 59.4 Å². The van der Waals surface area contributed by atoms with Gasteiger partial charge in [-0.1, -0.05) is 27.2 Å². The van der Waals surface area contributed by atoms with Crippen molar-refractivity contribution in [2.24, 2.45) is 11.3 Å². The molecule has 0 amide bonds. The van der Waals surface area contributed by atoms with Gasteiger partial charge in [-0.25, -0.2) is 8.78 Å². The molecule has 114 valence electrons. The standard InChI is InChI=1S/C16H25F2NS/c1-4-16(2,3)12-5-6-13-11(8-19-9-15(17)18)10-20-14(13)7-12/h10,12,15,19H,4-9H2,1-3H3. The average molecular weight is 301 g/mol. The van der Waals surface area contributed by atoms with Crippen LogP contribution in [-0.4, -0.2) is 13.0 Å². The van der Waals surface area contributed by atoms with E-state index in [9.17, 15) is 8.78 Å². The zero-order valence-electron chi connectivity index (χ0n) is 12.6. The van der Waals surface area contributed by atoms with Gasteiger partial charge < -0.3 is 5.32 Å². The smallest absolute Gasteiger partial charge is 0.250 e. The number of halogens is 2. The van der Waals surface area contributed by atoms with Gasteiger partial charge in [0, 0.05) is 11.4 Å². The van der Waals surface area contributed by atoms with Crippen LogP contribution in [0.15, 0.2) is 5.38 Å². The van der Waals surface area contributed by atoms with Crippen molar-refractivity contribution in [3.05, 3.63) is 21.4 Å². The minimum absolute atomic E-state index is 0.212. The number of thiophene rings is 1. The fraction of sp³-hybridized carbons (Fsp3) is 0.750. The Morgan fingerprint density at radius 3 is 2.85 bits per heavy atom. The maximum Gasteiger partial charge on any atom is 0.250 e. The minimum Gasteiger partial charge on any atom is -0.307 e. The monoisotopic (exact) mass is 301 g/mol. The molecule has 1 unspecified atom stereocenters. The second-order valence-electron chi connectivity index (χ2n) is 6.47. The molecule has 4 heteroatoms. The van der Waals surface area contributed by atoms with E-state index in [1.54, 1.807) is 0 Å². The predicted molar refractivity (Wildman–Crippen MR) is 81.6 cm³/mol. The van der Waals surface area contributed by atoms with Crippen LogP contribution in [0.2, 0.25) is 0 Å².